The van der Waals surface area contributed by atoms with E-state index in [-0.39, 0.29) is 18.7 Å². The molecule has 1 atom stereocenters. The van der Waals surface area contributed by atoms with E-state index in [2.05, 4.69) is 18.8 Å². The van der Waals surface area contributed by atoms with E-state index in [4.69, 9.17) is 4.74 Å². The summed E-state index contributed by atoms with van der Waals surface area (Å²) in [5.74, 6) is 1.12. The normalized spacial score (nSPS) is 14.7. The lowest BCUT2D eigenvalue weighted by atomic mass is 10.0. The molecule has 1 N–H and O–H groups in total. The molecule has 6 heteroatoms. The van der Waals surface area contributed by atoms with Crippen LogP contribution in [-0.4, -0.2) is 27.4 Å². The first-order chi connectivity index (χ1) is 13.0. The number of hydrogen-bond donors (Lipinski definition) is 1. The van der Waals surface area contributed by atoms with Gasteiger partial charge in [-0.2, -0.15) is 0 Å². The number of nitrogens with zero attached hydrogens (tertiary/aromatic N) is 2. The Morgan fingerprint density at radius 2 is 2.11 bits per heavy atom. The van der Waals surface area contributed by atoms with Crippen LogP contribution in [0.4, 0.5) is 0 Å². The molecule has 2 aromatic heterocycles. The molecule has 1 aliphatic carbocycles. The number of benzene rings is 1. The number of rotatable bonds is 6. The predicted octanol–water partition coefficient (Wildman–Crippen LogP) is 3.51. The Hall–Kier alpha value is -2.18. The Morgan fingerprint density at radius 3 is 2.93 bits per heavy atom. The summed E-state index contributed by atoms with van der Waals surface area (Å²) in [4.78, 5) is 19.4. The number of aliphatic hydroxyl groups is 1. The maximum Gasteiger partial charge on any atom is 0.262 e. The first kappa shape index (κ1) is 18.2. The zero-order chi connectivity index (χ0) is 19.0. The van der Waals surface area contributed by atoms with Gasteiger partial charge >= 0.3 is 0 Å². The average Bonchev–Trinajstić information content (AvgIpc) is 3.23. The molecule has 2 heterocycles. The zero-order valence-corrected chi connectivity index (χ0v) is 16.5. The van der Waals surface area contributed by atoms with Crippen molar-refractivity contribution in [3.8, 4) is 5.75 Å². The molecule has 0 radical (unpaired) electrons. The average molecular weight is 385 g/mol. The minimum Gasteiger partial charge on any atom is -0.491 e. The lowest BCUT2D eigenvalue weighted by Crippen LogP contribution is -2.30. The summed E-state index contributed by atoms with van der Waals surface area (Å²) in [6, 6.07) is 7.85. The van der Waals surface area contributed by atoms with Gasteiger partial charge in [-0.15, -0.1) is 11.3 Å². The van der Waals surface area contributed by atoms with Crippen LogP contribution in [0.2, 0.25) is 0 Å². The van der Waals surface area contributed by atoms with E-state index in [0.29, 0.717) is 5.92 Å². The van der Waals surface area contributed by atoms with Crippen molar-refractivity contribution >= 4 is 21.6 Å². The summed E-state index contributed by atoms with van der Waals surface area (Å²) in [5, 5.41) is 11.2. The Kier molecular flexibility index (Phi) is 5.02. The van der Waals surface area contributed by atoms with Crippen molar-refractivity contribution < 1.29 is 9.84 Å². The van der Waals surface area contributed by atoms with Gasteiger partial charge in [0.25, 0.3) is 5.56 Å². The van der Waals surface area contributed by atoms with E-state index in [0.717, 1.165) is 40.8 Å². The molecule has 27 heavy (non-hydrogen) atoms. The number of fused-ring (bicyclic) bond motifs is 3. The van der Waals surface area contributed by atoms with Gasteiger partial charge in [-0.1, -0.05) is 32.0 Å². The molecular formula is C21H24N2O3S. The lowest BCUT2D eigenvalue weighted by molar-refractivity contribution is 0.0909. The second-order valence-corrected chi connectivity index (χ2v) is 8.48. The van der Waals surface area contributed by atoms with Crippen molar-refractivity contribution in [3.05, 3.63) is 57.0 Å². The fourth-order valence-electron chi connectivity index (χ4n) is 3.70. The fraction of sp³-hybridized carbons (Fsp3) is 0.429. The summed E-state index contributed by atoms with van der Waals surface area (Å²) >= 11 is 1.63. The summed E-state index contributed by atoms with van der Waals surface area (Å²) in [5.41, 5.74) is 2.22. The summed E-state index contributed by atoms with van der Waals surface area (Å²) in [6.45, 7) is 4.53. The van der Waals surface area contributed by atoms with E-state index < -0.39 is 6.10 Å². The number of ether oxygens (including phenoxy) is 1. The van der Waals surface area contributed by atoms with Crippen LogP contribution in [0, 0.1) is 0 Å². The molecule has 5 nitrogen and oxygen atoms in total. The molecular weight excluding hydrogens is 360 g/mol. The topological polar surface area (TPSA) is 64.3 Å². The van der Waals surface area contributed by atoms with Gasteiger partial charge in [0.2, 0.25) is 0 Å². The second kappa shape index (κ2) is 7.44. The summed E-state index contributed by atoms with van der Waals surface area (Å²) < 4.78 is 7.35. The first-order valence-corrected chi connectivity index (χ1v) is 10.3. The van der Waals surface area contributed by atoms with Crippen molar-refractivity contribution in [2.45, 2.75) is 51.7 Å². The zero-order valence-electron chi connectivity index (χ0n) is 15.6. The number of aliphatic hydroxyl groups excluding tert-OH is 1. The van der Waals surface area contributed by atoms with E-state index in [1.165, 1.54) is 15.0 Å². The SMILES string of the molecule is CC(C)c1ccccc1OCC(O)Cn1cnc2sc3c(c2c1=O)CCC3. The van der Waals surface area contributed by atoms with Crippen molar-refractivity contribution in [2.75, 3.05) is 6.61 Å². The van der Waals surface area contributed by atoms with E-state index in [1.807, 2.05) is 24.3 Å². The van der Waals surface area contributed by atoms with Crippen LogP contribution in [0.1, 0.15) is 42.2 Å². The number of aryl methyl sites for hydroxylation is 2. The monoisotopic (exact) mass is 384 g/mol. The van der Waals surface area contributed by atoms with Gasteiger partial charge in [0, 0.05) is 4.88 Å². The van der Waals surface area contributed by atoms with Crippen LogP contribution >= 0.6 is 11.3 Å². The number of hydrogen-bond acceptors (Lipinski definition) is 5. The first-order valence-electron chi connectivity index (χ1n) is 9.44. The number of thiophene rings is 1. The molecule has 1 aromatic carbocycles. The van der Waals surface area contributed by atoms with Gasteiger partial charge in [0.05, 0.1) is 18.3 Å². The highest BCUT2D eigenvalue weighted by atomic mass is 32.1. The lowest BCUT2D eigenvalue weighted by Gasteiger charge is -2.17. The molecule has 3 aromatic rings. The van der Waals surface area contributed by atoms with E-state index in [9.17, 15) is 9.90 Å². The van der Waals surface area contributed by atoms with Crippen molar-refractivity contribution in [1.82, 2.24) is 9.55 Å². The minimum atomic E-state index is -0.783. The van der Waals surface area contributed by atoms with Crippen LogP contribution in [0.15, 0.2) is 35.4 Å². The third-order valence-electron chi connectivity index (χ3n) is 5.07. The van der Waals surface area contributed by atoms with Gasteiger partial charge in [-0.3, -0.25) is 9.36 Å². The molecule has 1 aliphatic rings. The van der Waals surface area contributed by atoms with Crippen LogP contribution in [-0.2, 0) is 19.4 Å². The Bertz CT molecular complexity index is 1020. The van der Waals surface area contributed by atoms with Gasteiger partial charge in [0.15, 0.2) is 0 Å². The van der Waals surface area contributed by atoms with Crippen LogP contribution in [0.5, 0.6) is 5.75 Å². The van der Waals surface area contributed by atoms with Gasteiger partial charge in [0.1, 0.15) is 23.3 Å². The standard InChI is InChI=1S/C21H24N2O3S/c1-13(2)15-6-3-4-8-17(15)26-11-14(24)10-23-12-22-20-19(21(23)25)16-7-5-9-18(16)27-20/h3-4,6,8,12-14,24H,5,7,9-11H2,1-2H3. The van der Waals surface area contributed by atoms with Crippen LogP contribution < -0.4 is 10.3 Å². The maximum atomic E-state index is 12.9. The highest BCUT2D eigenvalue weighted by Gasteiger charge is 2.22. The van der Waals surface area contributed by atoms with Crippen molar-refractivity contribution in [2.24, 2.45) is 0 Å². The Labute approximate surface area is 162 Å². The molecule has 0 fully saturated rings. The molecule has 4 rings (SSSR count). The molecule has 0 amide bonds. The molecule has 1 unspecified atom stereocenters. The fourth-order valence-corrected chi connectivity index (χ4v) is 4.92. The highest BCUT2D eigenvalue weighted by molar-refractivity contribution is 7.18. The Balaban J connectivity index is 1.50. The number of para-hydroxylation sites is 1. The van der Waals surface area contributed by atoms with Gasteiger partial charge in [-0.25, -0.2) is 4.98 Å². The van der Waals surface area contributed by atoms with Gasteiger partial charge in [-0.05, 0) is 42.4 Å². The molecule has 0 spiro atoms. The maximum absolute atomic E-state index is 12.9. The van der Waals surface area contributed by atoms with Crippen LogP contribution in [0.3, 0.4) is 0 Å². The van der Waals surface area contributed by atoms with E-state index >= 15 is 0 Å². The molecule has 0 aliphatic heterocycles. The third kappa shape index (κ3) is 3.51. The van der Waals surface area contributed by atoms with E-state index in [1.54, 1.807) is 17.7 Å². The summed E-state index contributed by atoms with van der Waals surface area (Å²) in [7, 11) is 0. The second-order valence-electron chi connectivity index (χ2n) is 7.40. The molecule has 0 bridgehead atoms. The van der Waals surface area contributed by atoms with Crippen molar-refractivity contribution in [3.63, 3.8) is 0 Å². The molecule has 0 saturated carbocycles. The van der Waals surface area contributed by atoms with Gasteiger partial charge < -0.3 is 9.84 Å². The largest absolute Gasteiger partial charge is 0.491 e. The predicted molar refractivity (Wildman–Crippen MR) is 108 cm³/mol. The van der Waals surface area contributed by atoms with Crippen molar-refractivity contribution in [1.29, 1.82) is 0 Å². The van der Waals surface area contributed by atoms with Crippen LogP contribution in [0.25, 0.3) is 10.2 Å². The molecule has 0 saturated heterocycles. The number of aromatic nitrogens is 2. The minimum absolute atomic E-state index is 0.0546. The Morgan fingerprint density at radius 1 is 1.30 bits per heavy atom. The summed E-state index contributed by atoms with van der Waals surface area (Å²) in [6.07, 6.45) is 3.86. The third-order valence-corrected chi connectivity index (χ3v) is 6.27. The highest BCUT2D eigenvalue weighted by Crippen LogP contribution is 2.34. The molecule has 142 valence electrons. The smallest absolute Gasteiger partial charge is 0.262 e. The quantitative estimate of drug-likeness (QED) is 0.706.